The van der Waals surface area contributed by atoms with Crippen molar-refractivity contribution >= 4 is 5.91 Å². The molecule has 2 fully saturated rings. The minimum atomic E-state index is 0.0774. The highest BCUT2D eigenvalue weighted by atomic mass is 16.5. The van der Waals surface area contributed by atoms with E-state index in [0.29, 0.717) is 5.92 Å². The molecule has 0 aromatic rings. The Morgan fingerprint density at radius 1 is 1.47 bits per heavy atom. The summed E-state index contributed by atoms with van der Waals surface area (Å²) < 4.78 is 6.04. The van der Waals surface area contributed by atoms with E-state index in [0.717, 1.165) is 51.9 Å². The molecule has 0 saturated carbocycles. The van der Waals surface area contributed by atoms with E-state index in [2.05, 4.69) is 10.6 Å². The van der Waals surface area contributed by atoms with Gasteiger partial charge in [0.1, 0.15) is 0 Å². The van der Waals surface area contributed by atoms with E-state index < -0.39 is 0 Å². The summed E-state index contributed by atoms with van der Waals surface area (Å²) in [5.41, 5.74) is 0.143. The predicted octanol–water partition coefficient (Wildman–Crippen LogP) is 1.06. The van der Waals surface area contributed by atoms with Crippen LogP contribution in [0.5, 0.6) is 0 Å². The van der Waals surface area contributed by atoms with Crippen LogP contribution in [0, 0.1) is 5.92 Å². The fourth-order valence-corrected chi connectivity index (χ4v) is 3.06. The highest BCUT2D eigenvalue weighted by Gasteiger charge is 2.38. The Balaban J connectivity index is 1.77. The monoisotopic (exact) mass is 240 g/mol. The third kappa shape index (κ3) is 3.68. The lowest BCUT2D eigenvalue weighted by atomic mass is 9.79. The van der Waals surface area contributed by atoms with Gasteiger partial charge in [-0.05, 0) is 51.1 Å². The number of nitrogens with one attached hydrogen (secondary N) is 2. The maximum absolute atomic E-state index is 10.8. The summed E-state index contributed by atoms with van der Waals surface area (Å²) >= 11 is 0. The molecule has 0 aliphatic carbocycles. The van der Waals surface area contributed by atoms with Gasteiger partial charge in [0.05, 0.1) is 5.60 Å². The highest BCUT2D eigenvalue weighted by Crippen LogP contribution is 2.37. The molecule has 0 bridgehead atoms. The molecule has 17 heavy (non-hydrogen) atoms. The third-order valence-corrected chi connectivity index (χ3v) is 4.04. The van der Waals surface area contributed by atoms with Crippen molar-refractivity contribution in [3.05, 3.63) is 0 Å². The summed E-state index contributed by atoms with van der Waals surface area (Å²) in [5.74, 6) is 0.794. The van der Waals surface area contributed by atoms with Crippen molar-refractivity contribution < 1.29 is 9.53 Å². The summed E-state index contributed by atoms with van der Waals surface area (Å²) in [5, 5.41) is 6.28. The van der Waals surface area contributed by atoms with E-state index in [-0.39, 0.29) is 11.5 Å². The van der Waals surface area contributed by atoms with Gasteiger partial charge in [0.15, 0.2) is 0 Å². The van der Waals surface area contributed by atoms with Gasteiger partial charge in [0, 0.05) is 20.1 Å². The minimum absolute atomic E-state index is 0.0774. The third-order valence-electron chi connectivity index (χ3n) is 4.04. The van der Waals surface area contributed by atoms with E-state index >= 15 is 0 Å². The smallest absolute Gasteiger partial charge is 0.216 e. The van der Waals surface area contributed by atoms with Crippen molar-refractivity contribution in [3.63, 3.8) is 0 Å². The molecule has 0 aromatic carbocycles. The van der Waals surface area contributed by atoms with Crippen LogP contribution in [0.15, 0.2) is 0 Å². The Kier molecular flexibility index (Phi) is 4.40. The van der Waals surface area contributed by atoms with Crippen LogP contribution in [0.4, 0.5) is 0 Å². The summed E-state index contributed by atoms with van der Waals surface area (Å²) in [6.07, 6.45) is 5.70. The first-order valence-corrected chi connectivity index (χ1v) is 6.79. The topological polar surface area (TPSA) is 50.4 Å². The average molecular weight is 240 g/mol. The van der Waals surface area contributed by atoms with E-state index in [1.807, 2.05) is 0 Å². The van der Waals surface area contributed by atoms with Crippen LogP contribution in [-0.4, -0.2) is 37.7 Å². The molecule has 2 rings (SSSR count). The van der Waals surface area contributed by atoms with Crippen molar-refractivity contribution in [1.29, 1.82) is 0 Å². The number of carbonyl (C=O) groups excluding carboxylic acids is 1. The van der Waals surface area contributed by atoms with Crippen LogP contribution >= 0.6 is 0 Å². The lowest BCUT2D eigenvalue weighted by Crippen LogP contribution is -2.48. The number of hydrogen-bond donors (Lipinski definition) is 2. The Bertz CT molecular complexity index is 257. The number of ether oxygens (including phenoxy) is 1. The molecular weight excluding hydrogens is 216 g/mol. The summed E-state index contributed by atoms with van der Waals surface area (Å²) in [6, 6.07) is 0. The summed E-state index contributed by atoms with van der Waals surface area (Å²) in [7, 11) is 0. The van der Waals surface area contributed by atoms with Crippen LogP contribution in [0.25, 0.3) is 0 Å². The van der Waals surface area contributed by atoms with Crippen molar-refractivity contribution in [2.75, 3.05) is 26.2 Å². The largest absolute Gasteiger partial charge is 0.375 e. The molecule has 1 spiro atoms. The van der Waals surface area contributed by atoms with Crippen molar-refractivity contribution in [2.45, 2.75) is 44.6 Å². The van der Waals surface area contributed by atoms with Gasteiger partial charge in [0.25, 0.3) is 0 Å². The summed E-state index contributed by atoms with van der Waals surface area (Å²) in [4.78, 5) is 10.8. The molecule has 0 radical (unpaired) electrons. The Morgan fingerprint density at radius 2 is 2.24 bits per heavy atom. The molecule has 2 N–H and O–H groups in total. The zero-order valence-corrected chi connectivity index (χ0v) is 10.8. The Hall–Kier alpha value is -0.610. The lowest BCUT2D eigenvalue weighted by Gasteiger charge is -2.43. The lowest BCUT2D eigenvalue weighted by molar-refractivity contribution is -0.119. The normalized spacial score (nSPS) is 27.9. The molecule has 1 amide bonds. The molecule has 2 aliphatic rings. The zero-order valence-electron chi connectivity index (χ0n) is 10.8. The first-order valence-electron chi connectivity index (χ1n) is 6.79. The maximum Gasteiger partial charge on any atom is 0.216 e. The molecule has 2 saturated heterocycles. The molecule has 4 nitrogen and oxygen atoms in total. The Morgan fingerprint density at radius 3 is 2.94 bits per heavy atom. The first-order chi connectivity index (χ1) is 8.20. The fraction of sp³-hybridized carbons (Fsp3) is 0.923. The molecule has 2 aliphatic heterocycles. The van der Waals surface area contributed by atoms with Gasteiger partial charge >= 0.3 is 0 Å². The van der Waals surface area contributed by atoms with Crippen molar-refractivity contribution in [2.24, 2.45) is 5.92 Å². The highest BCUT2D eigenvalue weighted by molar-refractivity contribution is 5.72. The van der Waals surface area contributed by atoms with Crippen LogP contribution < -0.4 is 10.6 Å². The van der Waals surface area contributed by atoms with Gasteiger partial charge in [-0.1, -0.05) is 0 Å². The molecule has 1 atom stereocenters. The summed E-state index contributed by atoms with van der Waals surface area (Å²) in [6.45, 7) is 5.45. The van der Waals surface area contributed by atoms with Crippen molar-refractivity contribution in [3.8, 4) is 0 Å². The Labute approximate surface area is 103 Å². The molecule has 2 heterocycles. The SMILES string of the molecule is CC(=O)NCCC1CCOC2(CCNCC2)C1. The predicted molar refractivity (Wildman–Crippen MR) is 66.8 cm³/mol. The van der Waals surface area contributed by atoms with Gasteiger partial charge < -0.3 is 15.4 Å². The van der Waals surface area contributed by atoms with Gasteiger partial charge in [-0.15, -0.1) is 0 Å². The minimum Gasteiger partial charge on any atom is -0.375 e. The van der Waals surface area contributed by atoms with E-state index in [9.17, 15) is 4.79 Å². The standard InChI is InChI=1S/C13H24N2O2/c1-11(16)15-6-2-12-3-9-17-13(10-12)4-7-14-8-5-13/h12,14H,2-10H2,1H3,(H,15,16). The molecular formula is C13H24N2O2. The number of hydrogen-bond acceptors (Lipinski definition) is 3. The van der Waals surface area contributed by atoms with E-state index in [1.165, 1.54) is 6.42 Å². The van der Waals surface area contributed by atoms with Crippen LogP contribution in [0.3, 0.4) is 0 Å². The number of amides is 1. The van der Waals surface area contributed by atoms with Gasteiger partial charge in [0.2, 0.25) is 5.91 Å². The zero-order chi connectivity index (χ0) is 12.1. The van der Waals surface area contributed by atoms with E-state index in [4.69, 9.17) is 4.74 Å². The van der Waals surface area contributed by atoms with Crippen molar-refractivity contribution in [1.82, 2.24) is 10.6 Å². The van der Waals surface area contributed by atoms with Gasteiger partial charge in [-0.2, -0.15) is 0 Å². The van der Waals surface area contributed by atoms with E-state index in [1.54, 1.807) is 6.92 Å². The number of carbonyl (C=O) groups is 1. The second kappa shape index (κ2) is 5.83. The maximum atomic E-state index is 10.8. The molecule has 4 heteroatoms. The van der Waals surface area contributed by atoms with Gasteiger partial charge in [-0.25, -0.2) is 0 Å². The number of rotatable bonds is 3. The first kappa shape index (κ1) is 12.8. The van der Waals surface area contributed by atoms with Crippen LogP contribution in [-0.2, 0) is 9.53 Å². The van der Waals surface area contributed by atoms with Crippen LogP contribution in [0.2, 0.25) is 0 Å². The van der Waals surface area contributed by atoms with Gasteiger partial charge in [-0.3, -0.25) is 4.79 Å². The number of piperidine rings is 1. The second-order valence-corrected chi connectivity index (χ2v) is 5.41. The fourth-order valence-electron chi connectivity index (χ4n) is 3.06. The van der Waals surface area contributed by atoms with Crippen LogP contribution in [0.1, 0.15) is 39.0 Å². The quantitative estimate of drug-likeness (QED) is 0.775. The molecule has 0 aromatic heterocycles. The second-order valence-electron chi connectivity index (χ2n) is 5.41. The molecule has 1 unspecified atom stereocenters. The average Bonchev–Trinajstić information content (AvgIpc) is 2.29. The molecule has 98 valence electrons.